The normalized spacial score (nSPS) is 24.6. The molecule has 2 unspecified atom stereocenters. The molecule has 1 heterocycles. The highest BCUT2D eigenvalue weighted by Crippen LogP contribution is 2.40. The van der Waals surface area contributed by atoms with E-state index in [4.69, 9.17) is 0 Å². The van der Waals surface area contributed by atoms with E-state index in [9.17, 15) is 9.59 Å². The molecule has 0 radical (unpaired) electrons. The minimum Gasteiger partial charge on any atom is -0.381 e. The third-order valence-corrected chi connectivity index (χ3v) is 4.46. The molecule has 0 spiro atoms. The summed E-state index contributed by atoms with van der Waals surface area (Å²) in [4.78, 5) is 23.2. The van der Waals surface area contributed by atoms with Gasteiger partial charge in [0.25, 0.3) is 5.91 Å². The SMILES string of the molecule is C=CC(=O)NC(=O)/C=C1\NC2CCCCC2c2ccccc21. The summed E-state index contributed by atoms with van der Waals surface area (Å²) >= 11 is 0. The molecule has 2 N–H and O–H groups in total. The highest BCUT2D eigenvalue weighted by atomic mass is 16.2. The Morgan fingerprint density at radius 2 is 1.95 bits per heavy atom. The maximum atomic E-state index is 12.0. The molecule has 2 aliphatic rings. The molecule has 1 saturated carbocycles. The van der Waals surface area contributed by atoms with E-state index in [0.29, 0.717) is 12.0 Å². The topological polar surface area (TPSA) is 58.2 Å². The molecule has 1 aromatic rings. The van der Waals surface area contributed by atoms with Crippen molar-refractivity contribution >= 4 is 17.5 Å². The molecule has 0 aromatic heterocycles. The summed E-state index contributed by atoms with van der Waals surface area (Å²) in [6, 6.07) is 8.58. The number of fused-ring (bicyclic) bond motifs is 3. The number of carbonyl (C=O) groups excluding carboxylic acids is 2. The summed E-state index contributed by atoms with van der Waals surface area (Å²) in [5.41, 5.74) is 3.17. The molecule has 0 bridgehead atoms. The Balaban J connectivity index is 1.92. The van der Waals surface area contributed by atoms with Crippen molar-refractivity contribution in [1.29, 1.82) is 0 Å². The zero-order valence-corrected chi connectivity index (χ0v) is 12.5. The summed E-state index contributed by atoms with van der Waals surface area (Å²) < 4.78 is 0. The number of hydrogen-bond acceptors (Lipinski definition) is 3. The van der Waals surface area contributed by atoms with E-state index in [0.717, 1.165) is 23.8 Å². The minimum atomic E-state index is -0.485. The molecule has 1 aliphatic heterocycles. The van der Waals surface area contributed by atoms with E-state index < -0.39 is 11.8 Å². The fourth-order valence-corrected chi connectivity index (χ4v) is 3.48. The van der Waals surface area contributed by atoms with Gasteiger partial charge in [0.2, 0.25) is 5.91 Å². The van der Waals surface area contributed by atoms with Crippen molar-refractivity contribution in [2.45, 2.75) is 37.6 Å². The first-order chi connectivity index (χ1) is 10.7. The van der Waals surface area contributed by atoms with E-state index in [1.54, 1.807) is 0 Å². The van der Waals surface area contributed by atoms with Crippen LogP contribution in [-0.2, 0) is 9.59 Å². The van der Waals surface area contributed by atoms with E-state index in [1.165, 1.54) is 30.9 Å². The van der Waals surface area contributed by atoms with Gasteiger partial charge in [-0.25, -0.2) is 0 Å². The van der Waals surface area contributed by atoms with Crippen LogP contribution >= 0.6 is 0 Å². The Labute approximate surface area is 130 Å². The average molecular weight is 296 g/mol. The summed E-state index contributed by atoms with van der Waals surface area (Å²) in [7, 11) is 0. The average Bonchev–Trinajstić information content (AvgIpc) is 2.55. The second-order valence-electron chi connectivity index (χ2n) is 5.84. The van der Waals surface area contributed by atoms with E-state index in [-0.39, 0.29) is 0 Å². The molecule has 114 valence electrons. The third-order valence-electron chi connectivity index (χ3n) is 4.46. The van der Waals surface area contributed by atoms with Gasteiger partial charge in [-0.3, -0.25) is 14.9 Å². The zero-order valence-electron chi connectivity index (χ0n) is 12.5. The van der Waals surface area contributed by atoms with E-state index >= 15 is 0 Å². The van der Waals surface area contributed by atoms with Gasteiger partial charge in [-0.2, -0.15) is 0 Å². The van der Waals surface area contributed by atoms with Gasteiger partial charge in [0.05, 0.1) is 0 Å². The molecular formula is C18H20N2O2. The molecule has 22 heavy (non-hydrogen) atoms. The molecular weight excluding hydrogens is 276 g/mol. The van der Waals surface area contributed by atoms with E-state index in [2.05, 4.69) is 29.3 Å². The predicted octanol–water partition coefficient (Wildman–Crippen LogP) is 2.49. The minimum absolute atomic E-state index is 0.373. The van der Waals surface area contributed by atoms with Gasteiger partial charge in [-0.15, -0.1) is 0 Å². The first-order valence-corrected chi connectivity index (χ1v) is 7.74. The van der Waals surface area contributed by atoms with Crippen LogP contribution in [0.4, 0.5) is 0 Å². The lowest BCUT2D eigenvalue weighted by atomic mass is 9.75. The van der Waals surface area contributed by atoms with Gasteiger partial charge in [0.1, 0.15) is 0 Å². The first-order valence-electron chi connectivity index (χ1n) is 7.74. The number of hydrogen-bond donors (Lipinski definition) is 2. The molecule has 4 heteroatoms. The van der Waals surface area contributed by atoms with Crippen molar-refractivity contribution < 1.29 is 9.59 Å². The number of nitrogens with one attached hydrogen (secondary N) is 2. The van der Waals surface area contributed by atoms with Crippen molar-refractivity contribution in [2.24, 2.45) is 0 Å². The lowest BCUT2D eigenvalue weighted by Gasteiger charge is -2.39. The van der Waals surface area contributed by atoms with Crippen LogP contribution in [0.2, 0.25) is 0 Å². The highest BCUT2D eigenvalue weighted by Gasteiger charge is 2.33. The number of imide groups is 1. The number of benzene rings is 1. The second kappa shape index (κ2) is 6.18. The Hall–Kier alpha value is -2.36. The lowest BCUT2D eigenvalue weighted by molar-refractivity contribution is -0.125. The first kappa shape index (κ1) is 14.6. The van der Waals surface area contributed by atoms with Crippen molar-refractivity contribution in [3.05, 3.63) is 54.1 Å². The van der Waals surface area contributed by atoms with Crippen molar-refractivity contribution in [3.8, 4) is 0 Å². The van der Waals surface area contributed by atoms with E-state index in [1.807, 2.05) is 12.1 Å². The van der Waals surface area contributed by atoms with Crippen LogP contribution in [0.15, 0.2) is 43.0 Å². The van der Waals surface area contributed by atoms with Crippen LogP contribution in [0, 0.1) is 0 Å². The molecule has 2 amide bonds. The van der Waals surface area contributed by atoms with Crippen LogP contribution in [-0.4, -0.2) is 17.9 Å². The van der Waals surface area contributed by atoms with Crippen molar-refractivity contribution in [2.75, 3.05) is 0 Å². The standard InChI is InChI=1S/C18H20N2O2/c1-2-17(21)20-18(22)11-16-14-9-4-3-7-12(14)13-8-5-6-10-15(13)19-16/h2-4,7,9,11,13,15,19H,1,5-6,8,10H2,(H,20,21,22)/b16-11-. The fourth-order valence-electron chi connectivity index (χ4n) is 3.48. The number of amides is 2. The maximum Gasteiger partial charge on any atom is 0.252 e. The molecule has 4 nitrogen and oxygen atoms in total. The number of rotatable bonds is 2. The summed E-state index contributed by atoms with van der Waals surface area (Å²) in [5.74, 6) is -0.391. The largest absolute Gasteiger partial charge is 0.381 e. The molecule has 1 fully saturated rings. The Bertz CT molecular complexity index is 648. The van der Waals surface area contributed by atoms with Crippen LogP contribution in [0.5, 0.6) is 0 Å². The van der Waals surface area contributed by atoms with Gasteiger partial charge in [-0.1, -0.05) is 43.7 Å². The zero-order chi connectivity index (χ0) is 15.5. The van der Waals surface area contributed by atoms with Gasteiger partial charge in [0, 0.05) is 29.3 Å². The summed E-state index contributed by atoms with van der Waals surface area (Å²) in [5, 5.41) is 5.76. The Morgan fingerprint density at radius 3 is 2.77 bits per heavy atom. The molecule has 2 atom stereocenters. The van der Waals surface area contributed by atoms with Crippen molar-refractivity contribution in [3.63, 3.8) is 0 Å². The number of carbonyl (C=O) groups is 2. The highest BCUT2D eigenvalue weighted by molar-refractivity contribution is 6.07. The van der Waals surface area contributed by atoms with Crippen LogP contribution < -0.4 is 10.6 Å². The quantitative estimate of drug-likeness (QED) is 0.824. The van der Waals surface area contributed by atoms with Gasteiger partial charge >= 0.3 is 0 Å². The maximum absolute atomic E-state index is 12.0. The second-order valence-corrected chi connectivity index (χ2v) is 5.84. The van der Waals surface area contributed by atoms with Gasteiger partial charge in [0.15, 0.2) is 0 Å². The Kier molecular flexibility index (Phi) is 4.09. The van der Waals surface area contributed by atoms with Gasteiger partial charge in [-0.05, 0) is 24.5 Å². The van der Waals surface area contributed by atoms with Gasteiger partial charge < -0.3 is 5.32 Å². The smallest absolute Gasteiger partial charge is 0.252 e. The van der Waals surface area contributed by atoms with Crippen LogP contribution in [0.25, 0.3) is 5.70 Å². The third kappa shape index (κ3) is 2.82. The summed E-state index contributed by atoms with van der Waals surface area (Å²) in [6.07, 6.45) is 7.34. The van der Waals surface area contributed by atoms with Crippen LogP contribution in [0.3, 0.4) is 0 Å². The summed E-state index contributed by atoms with van der Waals surface area (Å²) in [6.45, 7) is 3.35. The molecule has 0 saturated heterocycles. The van der Waals surface area contributed by atoms with Crippen molar-refractivity contribution in [1.82, 2.24) is 10.6 Å². The molecule has 1 aromatic carbocycles. The predicted molar refractivity (Wildman–Crippen MR) is 85.9 cm³/mol. The van der Waals surface area contributed by atoms with Crippen LogP contribution in [0.1, 0.15) is 42.7 Å². The molecule has 3 rings (SSSR count). The monoisotopic (exact) mass is 296 g/mol. The Morgan fingerprint density at radius 1 is 1.18 bits per heavy atom. The molecule has 1 aliphatic carbocycles. The fraction of sp³-hybridized carbons (Fsp3) is 0.333. The lowest BCUT2D eigenvalue weighted by Crippen LogP contribution is -2.41.